The van der Waals surface area contributed by atoms with Gasteiger partial charge in [0.05, 0.1) is 17.3 Å². The summed E-state index contributed by atoms with van der Waals surface area (Å²) in [5.41, 5.74) is 2.13. The number of thioether (sulfide) groups is 1. The van der Waals surface area contributed by atoms with Crippen molar-refractivity contribution in [2.45, 2.75) is 19.1 Å². The number of aryl methyl sites for hydroxylation is 1. The second kappa shape index (κ2) is 4.45. The molecule has 0 saturated heterocycles. The minimum absolute atomic E-state index is 0.566. The molecule has 1 aromatic rings. The van der Waals surface area contributed by atoms with Gasteiger partial charge in [-0.1, -0.05) is 36.4 Å². The molecule has 1 aromatic carbocycles. The molecule has 0 bridgehead atoms. The van der Waals surface area contributed by atoms with E-state index in [9.17, 15) is 0 Å². The van der Waals surface area contributed by atoms with Crippen molar-refractivity contribution < 1.29 is 0 Å². The number of aliphatic imine (C=N–C) groups is 1. The second-order valence-electron chi connectivity index (χ2n) is 3.68. The first-order valence-corrected chi connectivity index (χ1v) is 6.15. The molecular formula is C11H13ClN2S. The second-order valence-corrected chi connectivity index (χ2v) is 5.52. The van der Waals surface area contributed by atoms with Gasteiger partial charge in [-0.05, 0) is 24.6 Å². The molecule has 2 rings (SSSR count). The average molecular weight is 241 g/mol. The quantitative estimate of drug-likeness (QED) is 0.812. The average Bonchev–Trinajstić information content (AvgIpc) is 2.58. The lowest BCUT2D eigenvalue weighted by Crippen LogP contribution is -2.06. The van der Waals surface area contributed by atoms with Gasteiger partial charge in [0.15, 0.2) is 5.17 Å². The highest BCUT2D eigenvalue weighted by Crippen LogP contribution is 2.27. The van der Waals surface area contributed by atoms with Crippen molar-refractivity contribution in [3.05, 3.63) is 28.8 Å². The number of amidine groups is 1. The van der Waals surface area contributed by atoms with Crippen LogP contribution in [-0.4, -0.2) is 17.0 Å². The molecule has 1 aliphatic rings. The number of hydrogen-bond donors (Lipinski definition) is 1. The third-order valence-corrected chi connectivity index (χ3v) is 3.50. The first-order valence-electron chi connectivity index (χ1n) is 4.89. The molecule has 1 heterocycles. The van der Waals surface area contributed by atoms with E-state index in [0.29, 0.717) is 5.25 Å². The summed E-state index contributed by atoms with van der Waals surface area (Å²) in [4.78, 5) is 4.39. The SMILES string of the molecule is Cc1ccc(Cl)c(NC2=NCC(C)S2)c1. The van der Waals surface area contributed by atoms with E-state index < -0.39 is 0 Å². The zero-order valence-corrected chi connectivity index (χ0v) is 10.3. The molecule has 15 heavy (non-hydrogen) atoms. The van der Waals surface area contributed by atoms with Gasteiger partial charge in [-0.25, -0.2) is 0 Å². The monoisotopic (exact) mass is 240 g/mol. The van der Waals surface area contributed by atoms with Crippen LogP contribution in [0.25, 0.3) is 0 Å². The van der Waals surface area contributed by atoms with Crippen LogP contribution in [0.2, 0.25) is 5.02 Å². The predicted molar refractivity (Wildman–Crippen MR) is 69.2 cm³/mol. The normalized spacial score (nSPS) is 20.2. The third-order valence-electron chi connectivity index (χ3n) is 2.17. The first-order chi connectivity index (χ1) is 7.15. The van der Waals surface area contributed by atoms with E-state index in [-0.39, 0.29) is 0 Å². The Bertz CT molecular complexity index is 404. The number of halogens is 1. The summed E-state index contributed by atoms with van der Waals surface area (Å²) in [5, 5.41) is 5.53. The van der Waals surface area contributed by atoms with Crippen molar-refractivity contribution in [3.8, 4) is 0 Å². The molecule has 80 valence electrons. The molecule has 0 saturated carbocycles. The lowest BCUT2D eigenvalue weighted by Gasteiger charge is -2.08. The largest absolute Gasteiger partial charge is 0.334 e. The van der Waals surface area contributed by atoms with E-state index >= 15 is 0 Å². The first kappa shape index (κ1) is 10.8. The maximum atomic E-state index is 6.08. The Balaban J connectivity index is 2.14. The smallest absolute Gasteiger partial charge is 0.161 e. The van der Waals surface area contributed by atoms with Crippen LogP contribution in [0.3, 0.4) is 0 Å². The van der Waals surface area contributed by atoms with Crippen molar-refractivity contribution in [1.82, 2.24) is 0 Å². The number of nitrogens with one attached hydrogen (secondary N) is 1. The number of nitrogens with zero attached hydrogens (tertiary/aromatic N) is 1. The molecule has 0 aliphatic carbocycles. The van der Waals surface area contributed by atoms with Crippen molar-refractivity contribution >= 4 is 34.2 Å². The number of rotatable bonds is 1. The maximum absolute atomic E-state index is 6.08. The van der Waals surface area contributed by atoms with E-state index in [0.717, 1.165) is 22.4 Å². The molecule has 1 unspecified atom stereocenters. The number of benzene rings is 1. The van der Waals surface area contributed by atoms with Gasteiger partial charge < -0.3 is 5.32 Å². The van der Waals surface area contributed by atoms with Gasteiger partial charge in [0.2, 0.25) is 0 Å². The van der Waals surface area contributed by atoms with Crippen LogP contribution < -0.4 is 5.32 Å². The van der Waals surface area contributed by atoms with Gasteiger partial charge in [-0.3, -0.25) is 4.99 Å². The summed E-state index contributed by atoms with van der Waals surface area (Å²) in [6.45, 7) is 5.10. The number of hydrogen-bond acceptors (Lipinski definition) is 3. The van der Waals surface area contributed by atoms with Gasteiger partial charge >= 0.3 is 0 Å². The zero-order valence-electron chi connectivity index (χ0n) is 8.75. The van der Waals surface area contributed by atoms with E-state index in [1.165, 1.54) is 5.56 Å². The molecular weight excluding hydrogens is 228 g/mol. The highest BCUT2D eigenvalue weighted by Gasteiger charge is 2.15. The molecule has 0 fully saturated rings. The summed E-state index contributed by atoms with van der Waals surface area (Å²) in [6, 6.07) is 5.94. The fraction of sp³-hybridized carbons (Fsp3) is 0.364. The van der Waals surface area contributed by atoms with Crippen LogP contribution in [-0.2, 0) is 0 Å². The Morgan fingerprint density at radius 1 is 1.53 bits per heavy atom. The molecule has 0 spiro atoms. The Kier molecular flexibility index (Phi) is 3.22. The summed E-state index contributed by atoms with van der Waals surface area (Å²) in [5.74, 6) is 0. The standard InChI is InChI=1S/C11H13ClN2S/c1-7-3-4-9(12)10(5-7)14-11-13-6-8(2)15-11/h3-5,8H,6H2,1-2H3,(H,13,14). The molecule has 1 aliphatic heterocycles. The van der Waals surface area contributed by atoms with Crippen LogP contribution in [0, 0.1) is 6.92 Å². The fourth-order valence-corrected chi connectivity index (χ4v) is 2.41. The van der Waals surface area contributed by atoms with Gasteiger partial charge in [-0.2, -0.15) is 0 Å². The lowest BCUT2D eigenvalue weighted by molar-refractivity contribution is 0.976. The Hall–Kier alpha value is -0.670. The van der Waals surface area contributed by atoms with Crippen molar-refractivity contribution in [3.63, 3.8) is 0 Å². The third kappa shape index (κ3) is 2.67. The molecule has 0 aromatic heterocycles. The van der Waals surface area contributed by atoms with Crippen LogP contribution in [0.1, 0.15) is 12.5 Å². The van der Waals surface area contributed by atoms with E-state index in [2.05, 4.69) is 17.2 Å². The van der Waals surface area contributed by atoms with Gasteiger partial charge in [0.1, 0.15) is 0 Å². The van der Waals surface area contributed by atoms with Gasteiger partial charge in [0, 0.05) is 5.25 Å². The maximum Gasteiger partial charge on any atom is 0.161 e. The Morgan fingerprint density at radius 2 is 2.33 bits per heavy atom. The van der Waals surface area contributed by atoms with Crippen molar-refractivity contribution in [2.24, 2.45) is 4.99 Å². The van der Waals surface area contributed by atoms with Crippen LogP contribution in [0.4, 0.5) is 5.69 Å². The highest BCUT2D eigenvalue weighted by atomic mass is 35.5. The van der Waals surface area contributed by atoms with E-state index in [4.69, 9.17) is 11.6 Å². The molecule has 0 amide bonds. The predicted octanol–water partition coefficient (Wildman–Crippen LogP) is 3.55. The van der Waals surface area contributed by atoms with E-state index in [1.807, 2.05) is 25.1 Å². The molecule has 1 atom stereocenters. The van der Waals surface area contributed by atoms with Crippen LogP contribution in [0.5, 0.6) is 0 Å². The lowest BCUT2D eigenvalue weighted by atomic mass is 10.2. The van der Waals surface area contributed by atoms with Gasteiger partial charge in [-0.15, -0.1) is 0 Å². The Labute approximate surface area is 99.1 Å². The van der Waals surface area contributed by atoms with Crippen LogP contribution in [0.15, 0.2) is 23.2 Å². The molecule has 0 radical (unpaired) electrons. The molecule has 2 nitrogen and oxygen atoms in total. The molecule has 4 heteroatoms. The Morgan fingerprint density at radius 3 is 3.00 bits per heavy atom. The fourth-order valence-electron chi connectivity index (χ4n) is 1.40. The summed E-state index contributed by atoms with van der Waals surface area (Å²) in [7, 11) is 0. The zero-order chi connectivity index (χ0) is 10.8. The minimum Gasteiger partial charge on any atom is -0.334 e. The summed E-state index contributed by atoms with van der Waals surface area (Å²) in [6.07, 6.45) is 0. The van der Waals surface area contributed by atoms with Crippen molar-refractivity contribution in [1.29, 1.82) is 0 Å². The number of anilines is 1. The van der Waals surface area contributed by atoms with Gasteiger partial charge in [0.25, 0.3) is 0 Å². The van der Waals surface area contributed by atoms with Crippen LogP contribution >= 0.6 is 23.4 Å². The van der Waals surface area contributed by atoms with Crippen molar-refractivity contribution in [2.75, 3.05) is 11.9 Å². The summed E-state index contributed by atoms with van der Waals surface area (Å²) < 4.78 is 0. The molecule has 1 N–H and O–H groups in total. The minimum atomic E-state index is 0.566. The van der Waals surface area contributed by atoms with E-state index in [1.54, 1.807) is 11.8 Å². The topological polar surface area (TPSA) is 24.4 Å². The summed E-state index contributed by atoms with van der Waals surface area (Å²) >= 11 is 7.84. The highest BCUT2D eigenvalue weighted by molar-refractivity contribution is 8.15.